The Kier molecular flexibility index (Phi) is 7.30. The molecule has 0 fully saturated rings. The van der Waals surface area contributed by atoms with E-state index in [0.717, 1.165) is 0 Å². The molecule has 0 unspecified atom stereocenters. The average molecular weight is 333 g/mol. The molecule has 0 atom stereocenters. The van der Waals surface area contributed by atoms with Crippen molar-refractivity contribution in [2.75, 3.05) is 19.1 Å². The lowest BCUT2D eigenvalue weighted by atomic mass is 10.9. The third-order valence-electron chi connectivity index (χ3n) is 0.907. The number of rotatable bonds is 3. The molecule has 0 heterocycles. The quantitative estimate of drug-likeness (QED) is 0.452. The van der Waals surface area contributed by atoms with Crippen molar-refractivity contribution in [2.24, 2.45) is 4.40 Å². The van der Waals surface area contributed by atoms with Crippen LogP contribution >= 0.6 is 58.3 Å². The smallest absolute Gasteiger partial charge is 0.248 e. The van der Waals surface area contributed by atoms with Crippen LogP contribution in [0, 0.1) is 0 Å². The van der Waals surface area contributed by atoms with E-state index < -0.39 is 20.7 Å². The van der Waals surface area contributed by atoms with Crippen molar-refractivity contribution in [1.82, 2.24) is 0 Å². The van der Waals surface area contributed by atoms with Crippen molar-refractivity contribution in [3.8, 4) is 0 Å². The minimum Gasteiger partial charge on any atom is -0.248 e. The van der Waals surface area contributed by atoms with Gasteiger partial charge in [0.1, 0.15) is 11.0 Å². The van der Waals surface area contributed by atoms with Crippen molar-refractivity contribution in [2.45, 2.75) is 3.79 Å². The van der Waals surface area contributed by atoms with Crippen LogP contribution in [-0.4, -0.2) is 35.7 Å². The van der Waals surface area contributed by atoms with Crippen LogP contribution < -0.4 is 0 Å². The van der Waals surface area contributed by atoms with Gasteiger partial charge in [0.25, 0.3) is 0 Å². The number of hydrogen-bond donors (Lipinski definition) is 0. The van der Waals surface area contributed by atoms with Gasteiger partial charge in [-0.05, 0) is 12.5 Å². The topological polar surface area (TPSA) is 55.7 Å². The van der Waals surface area contributed by atoms with Gasteiger partial charge in [-0.2, -0.15) is 8.42 Å². The number of thioether (sulfide) groups is 2. The molecule has 0 saturated carbocycles. The molecule has 0 aliphatic heterocycles. The lowest BCUT2D eigenvalue weighted by Crippen LogP contribution is -2.16. The zero-order chi connectivity index (χ0) is 12.1. The summed E-state index contributed by atoms with van der Waals surface area (Å²) in [4.78, 5) is 0. The summed E-state index contributed by atoms with van der Waals surface area (Å²) in [6, 6.07) is 0. The Labute approximate surface area is 112 Å². The van der Waals surface area contributed by atoms with E-state index in [-0.39, 0.29) is 0 Å². The third kappa shape index (κ3) is 8.91. The van der Waals surface area contributed by atoms with E-state index in [2.05, 4.69) is 8.58 Å². The van der Waals surface area contributed by atoms with Crippen LogP contribution in [0.25, 0.3) is 0 Å². The molecule has 0 radical (unpaired) electrons. The van der Waals surface area contributed by atoms with Crippen molar-refractivity contribution >= 4 is 73.0 Å². The van der Waals surface area contributed by atoms with E-state index in [4.69, 9.17) is 34.8 Å². The molecule has 0 spiro atoms. The van der Waals surface area contributed by atoms with Crippen LogP contribution in [0.3, 0.4) is 0 Å². The van der Waals surface area contributed by atoms with Gasteiger partial charge in [-0.3, -0.25) is 0 Å². The molecular formula is C5H8Cl3NO3S3. The standard InChI is InChI=1S/C5H8Cl3NO3S3/c1-13-4(14-2)9-15(10,11)12-3-5(6,7)8/h3H2,1-2H3. The number of alkyl halides is 3. The normalized spacial score (nSPS) is 12.6. The second-order valence-corrected chi connectivity index (χ2v) is 7.71. The van der Waals surface area contributed by atoms with Crippen molar-refractivity contribution in [3.63, 3.8) is 0 Å². The highest BCUT2D eigenvalue weighted by Gasteiger charge is 2.24. The van der Waals surface area contributed by atoms with Gasteiger partial charge in [0, 0.05) is 0 Å². The Hall–Kier alpha value is 1.15. The zero-order valence-corrected chi connectivity index (χ0v) is 12.5. The van der Waals surface area contributed by atoms with Crippen LogP contribution in [0.4, 0.5) is 0 Å². The van der Waals surface area contributed by atoms with Crippen LogP contribution in [-0.2, 0) is 14.5 Å². The van der Waals surface area contributed by atoms with E-state index in [9.17, 15) is 8.42 Å². The zero-order valence-electron chi connectivity index (χ0n) is 7.74. The van der Waals surface area contributed by atoms with Crippen LogP contribution in [0.2, 0.25) is 0 Å². The lowest BCUT2D eigenvalue weighted by Gasteiger charge is -2.09. The highest BCUT2D eigenvalue weighted by molar-refractivity contribution is 8.38. The summed E-state index contributed by atoms with van der Waals surface area (Å²) >= 11 is 18.3. The number of halogens is 3. The molecule has 0 aromatic carbocycles. The fourth-order valence-corrected chi connectivity index (χ4v) is 3.15. The van der Waals surface area contributed by atoms with Gasteiger partial charge >= 0.3 is 10.3 Å². The molecular weight excluding hydrogens is 325 g/mol. The first-order valence-corrected chi connectivity index (χ1v) is 8.29. The molecule has 0 aromatic heterocycles. The van der Waals surface area contributed by atoms with Gasteiger partial charge < -0.3 is 0 Å². The van der Waals surface area contributed by atoms with Gasteiger partial charge in [-0.15, -0.1) is 27.9 Å². The SMILES string of the molecule is CSC(=NS(=O)(=O)OCC(Cl)(Cl)Cl)SC. The second-order valence-electron chi connectivity index (χ2n) is 2.07. The van der Waals surface area contributed by atoms with Gasteiger partial charge in [0.15, 0.2) is 0 Å². The first-order chi connectivity index (χ1) is 6.70. The molecule has 0 aliphatic carbocycles. The fraction of sp³-hybridized carbons (Fsp3) is 0.800. The van der Waals surface area contributed by atoms with Crippen molar-refractivity contribution in [1.29, 1.82) is 0 Å². The first-order valence-electron chi connectivity index (χ1n) is 3.34. The lowest BCUT2D eigenvalue weighted by molar-refractivity contribution is 0.326. The molecule has 10 heteroatoms. The molecule has 0 N–H and O–H groups in total. The monoisotopic (exact) mass is 331 g/mol. The fourth-order valence-electron chi connectivity index (χ4n) is 0.417. The predicted molar refractivity (Wildman–Crippen MR) is 69.6 cm³/mol. The maximum absolute atomic E-state index is 11.2. The minimum absolute atomic E-state index is 0.347. The van der Waals surface area contributed by atoms with E-state index in [1.54, 1.807) is 12.5 Å². The summed E-state index contributed by atoms with van der Waals surface area (Å²) in [7, 11) is -4.05. The number of nitrogens with zero attached hydrogens (tertiary/aromatic N) is 1. The van der Waals surface area contributed by atoms with Crippen LogP contribution in [0.5, 0.6) is 0 Å². The molecule has 0 amide bonds. The first kappa shape index (κ1) is 16.1. The molecule has 0 aromatic rings. The molecule has 0 saturated heterocycles. The third-order valence-corrected chi connectivity index (χ3v) is 4.17. The highest BCUT2D eigenvalue weighted by Crippen LogP contribution is 2.27. The Bertz CT molecular complexity index is 318. The Morgan fingerprint density at radius 2 is 1.80 bits per heavy atom. The van der Waals surface area contributed by atoms with E-state index in [1.165, 1.54) is 23.5 Å². The average Bonchev–Trinajstić information content (AvgIpc) is 2.10. The summed E-state index contributed by atoms with van der Waals surface area (Å²) in [6.45, 7) is -0.570. The second kappa shape index (κ2) is 6.78. The maximum Gasteiger partial charge on any atom is 0.382 e. The van der Waals surface area contributed by atoms with E-state index in [1.807, 2.05) is 0 Å². The van der Waals surface area contributed by atoms with Gasteiger partial charge in [-0.25, -0.2) is 4.18 Å². The summed E-state index contributed by atoms with van der Waals surface area (Å²) in [6.07, 6.45) is 3.39. The Morgan fingerprint density at radius 1 is 1.33 bits per heavy atom. The summed E-state index contributed by atoms with van der Waals surface area (Å²) in [5, 5.41) is 0. The molecule has 4 nitrogen and oxygen atoms in total. The summed E-state index contributed by atoms with van der Waals surface area (Å²) < 4.78 is 28.7. The van der Waals surface area contributed by atoms with Gasteiger partial charge in [-0.1, -0.05) is 34.8 Å². The number of hydrogen-bond acceptors (Lipinski definition) is 5. The van der Waals surface area contributed by atoms with E-state index >= 15 is 0 Å². The molecule has 0 aliphatic rings. The van der Waals surface area contributed by atoms with Crippen molar-refractivity contribution < 1.29 is 12.6 Å². The summed E-state index contributed by atoms with van der Waals surface area (Å²) in [5.74, 6) is 0. The Balaban J connectivity index is 4.51. The van der Waals surface area contributed by atoms with Gasteiger partial charge in [0.05, 0.1) is 0 Å². The molecule has 0 rings (SSSR count). The van der Waals surface area contributed by atoms with Crippen LogP contribution in [0.1, 0.15) is 0 Å². The molecule has 15 heavy (non-hydrogen) atoms. The Morgan fingerprint density at radius 3 is 2.13 bits per heavy atom. The largest absolute Gasteiger partial charge is 0.382 e. The van der Waals surface area contributed by atoms with Crippen molar-refractivity contribution in [3.05, 3.63) is 0 Å². The minimum atomic E-state index is -4.05. The van der Waals surface area contributed by atoms with Crippen LogP contribution in [0.15, 0.2) is 4.40 Å². The van der Waals surface area contributed by atoms with Gasteiger partial charge in [0.2, 0.25) is 3.79 Å². The molecule has 0 bridgehead atoms. The maximum atomic E-state index is 11.2. The highest BCUT2D eigenvalue weighted by atomic mass is 35.6. The van der Waals surface area contributed by atoms with E-state index in [0.29, 0.717) is 4.38 Å². The summed E-state index contributed by atoms with van der Waals surface area (Å²) in [5.41, 5.74) is 0. The molecule has 90 valence electrons. The predicted octanol–water partition coefficient (Wildman–Crippen LogP) is 2.70.